The van der Waals surface area contributed by atoms with Crippen molar-refractivity contribution in [2.75, 3.05) is 26.4 Å². The Labute approximate surface area is 127 Å². The maximum atomic E-state index is 12.7. The Bertz CT molecular complexity index is 246. The largest absolute Gasteiger partial charge is 0.396 e. The van der Waals surface area contributed by atoms with Crippen molar-refractivity contribution in [2.24, 2.45) is 5.92 Å². The lowest BCUT2D eigenvalue weighted by Gasteiger charge is -2.28. The molecule has 0 radical (unpaired) electrons. The minimum Gasteiger partial charge on any atom is -0.396 e. The normalized spacial score (nSPS) is 23.4. The number of alkyl halides is 2. The third kappa shape index (κ3) is 8.69. The van der Waals surface area contributed by atoms with E-state index in [9.17, 15) is 8.78 Å². The van der Waals surface area contributed by atoms with Gasteiger partial charge in [0.2, 0.25) is 5.92 Å². The van der Waals surface area contributed by atoms with Crippen LogP contribution in [0.3, 0.4) is 0 Å². The molecule has 1 aliphatic heterocycles. The Kier molecular flexibility index (Phi) is 9.36. The zero-order chi connectivity index (χ0) is 15.6. The molecule has 0 bridgehead atoms. The monoisotopic (exact) mass is 308 g/mol. The smallest absolute Gasteiger partial charge is 0.248 e. The van der Waals surface area contributed by atoms with Gasteiger partial charge in [-0.1, -0.05) is 13.3 Å². The van der Waals surface area contributed by atoms with Crippen LogP contribution in [-0.2, 0) is 9.47 Å². The van der Waals surface area contributed by atoms with E-state index in [1.54, 1.807) is 0 Å². The second-order valence-electron chi connectivity index (χ2n) is 6.02. The van der Waals surface area contributed by atoms with E-state index in [0.717, 1.165) is 45.5 Å². The van der Waals surface area contributed by atoms with Gasteiger partial charge in [-0.25, -0.2) is 8.78 Å². The van der Waals surface area contributed by atoms with Gasteiger partial charge in [0, 0.05) is 39.3 Å². The second kappa shape index (κ2) is 10.5. The first-order chi connectivity index (χ1) is 10.1. The van der Waals surface area contributed by atoms with Crippen LogP contribution in [0, 0.1) is 5.92 Å². The van der Waals surface area contributed by atoms with Gasteiger partial charge in [0.1, 0.15) is 0 Å². The minimum atomic E-state index is -2.43. The maximum absolute atomic E-state index is 12.7. The molecule has 5 heteroatoms. The van der Waals surface area contributed by atoms with Crippen LogP contribution in [0.1, 0.15) is 58.3 Å². The molecular weight excluding hydrogens is 278 g/mol. The summed E-state index contributed by atoms with van der Waals surface area (Å²) in [5, 5.41) is 8.64. The lowest BCUT2D eigenvalue weighted by atomic mass is 9.94. The molecule has 126 valence electrons. The molecule has 2 aliphatic rings. The molecule has 1 saturated heterocycles. The van der Waals surface area contributed by atoms with Gasteiger partial charge in [-0.05, 0) is 38.0 Å². The van der Waals surface area contributed by atoms with E-state index in [-0.39, 0.29) is 18.9 Å². The molecule has 0 spiro atoms. The Morgan fingerprint density at radius 3 is 2.24 bits per heavy atom. The van der Waals surface area contributed by atoms with Gasteiger partial charge in [0.15, 0.2) is 0 Å². The molecule has 3 nitrogen and oxygen atoms in total. The quantitative estimate of drug-likeness (QED) is 0.785. The van der Waals surface area contributed by atoms with E-state index < -0.39 is 5.92 Å². The SMILES string of the molecule is CCCCOC1CCC(F)(F)CC1.OCC1CCOCC1. The standard InChI is InChI=1S/C10H18F2O.C6H12O2/c1-2-3-8-13-9-4-6-10(11,12)7-5-9;7-5-6-1-3-8-4-2-6/h9H,2-8H2,1H3;6-7H,1-5H2. The number of aliphatic hydroxyl groups excluding tert-OH is 1. The number of halogens is 2. The highest BCUT2D eigenvalue weighted by Crippen LogP contribution is 2.34. The lowest BCUT2D eigenvalue weighted by molar-refractivity contribution is -0.0806. The molecule has 2 rings (SSSR count). The summed E-state index contributed by atoms with van der Waals surface area (Å²) in [5.41, 5.74) is 0. The van der Waals surface area contributed by atoms with Crippen LogP contribution in [0.25, 0.3) is 0 Å². The van der Waals surface area contributed by atoms with Crippen molar-refractivity contribution >= 4 is 0 Å². The molecule has 2 fully saturated rings. The fraction of sp³-hybridized carbons (Fsp3) is 1.00. The van der Waals surface area contributed by atoms with E-state index in [0.29, 0.717) is 25.4 Å². The van der Waals surface area contributed by atoms with Crippen LogP contribution < -0.4 is 0 Å². The zero-order valence-corrected chi connectivity index (χ0v) is 13.2. The molecule has 0 aromatic carbocycles. The molecule has 1 heterocycles. The molecule has 0 aromatic rings. The van der Waals surface area contributed by atoms with Crippen molar-refractivity contribution in [1.29, 1.82) is 0 Å². The van der Waals surface area contributed by atoms with Gasteiger partial charge in [0.25, 0.3) is 0 Å². The molecule has 21 heavy (non-hydrogen) atoms. The number of hydrogen-bond acceptors (Lipinski definition) is 3. The third-order valence-corrected chi connectivity index (χ3v) is 4.11. The van der Waals surface area contributed by atoms with E-state index in [4.69, 9.17) is 14.6 Å². The van der Waals surface area contributed by atoms with Crippen molar-refractivity contribution in [3.8, 4) is 0 Å². The summed E-state index contributed by atoms with van der Waals surface area (Å²) in [5.74, 6) is -1.91. The third-order valence-electron chi connectivity index (χ3n) is 4.11. The van der Waals surface area contributed by atoms with Gasteiger partial charge in [-0.2, -0.15) is 0 Å². The number of rotatable bonds is 5. The summed E-state index contributed by atoms with van der Waals surface area (Å²) in [6.45, 7) is 4.84. The molecule has 1 N–H and O–H groups in total. The number of unbranched alkanes of at least 4 members (excludes halogenated alkanes) is 1. The summed E-state index contributed by atoms with van der Waals surface area (Å²) in [4.78, 5) is 0. The van der Waals surface area contributed by atoms with Gasteiger partial charge in [0.05, 0.1) is 6.10 Å². The summed E-state index contributed by atoms with van der Waals surface area (Å²) < 4.78 is 36.0. The highest BCUT2D eigenvalue weighted by Gasteiger charge is 2.35. The van der Waals surface area contributed by atoms with Crippen LogP contribution in [0.15, 0.2) is 0 Å². The Morgan fingerprint density at radius 1 is 1.14 bits per heavy atom. The minimum absolute atomic E-state index is 0.00376. The molecule has 1 saturated carbocycles. The highest BCUT2D eigenvalue weighted by molar-refractivity contribution is 4.77. The van der Waals surface area contributed by atoms with Crippen molar-refractivity contribution < 1.29 is 23.4 Å². The molecule has 0 atom stereocenters. The summed E-state index contributed by atoms with van der Waals surface area (Å²) >= 11 is 0. The van der Waals surface area contributed by atoms with Gasteiger partial charge >= 0.3 is 0 Å². The summed E-state index contributed by atoms with van der Waals surface area (Å²) in [7, 11) is 0. The highest BCUT2D eigenvalue weighted by atomic mass is 19.3. The first-order valence-electron chi connectivity index (χ1n) is 8.25. The van der Waals surface area contributed by atoms with Crippen molar-refractivity contribution in [3.63, 3.8) is 0 Å². The van der Waals surface area contributed by atoms with E-state index in [1.165, 1.54) is 0 Å². The summed E-state index contributed by atoms with van der Waals surface area (Å²) in [6, 6.07) is 0. The van der Waals surface area contributed by atoms with Crippen LogP contribution in [0.5, 0.6) is 0 Å². The Balaban J connectivity index is 0.000000235. The molecular formula is C16H30F2O3. The molecule has 0 amide bonds. The first kappa shape index (κ1) is 18.8. The Hall–Kier alpha value is -0.260. The number of aliphatic hydroxyl groups is 1. The fourth-order valence-electron chi connectivity index (χ4n) is 2.50. The predicted molar refractivity (Wildman–Crippen MR) is 78.7 cm³/mol. The molecule has 0 aromatic heterocycles. The van der Waals surface area contributed by atoms with Crippen molar-refractivity contribution in [3.05, 3.63) is 0 Å². The van der Waals surface area contributed by atoms with E-state index in [1.807, 2.05) is 0 Å². The molecule has 1 aliphatic carbocycles. The number of ether oxygens (including phenoxy) is 2. The summed E-state index contributed by atoms with van der Waals surface area (Å²) in [6.07, 6.45) is 5.36. The van der Waals surface area contributed by atoms with Gasteiger partial charge in [-0.3, -0.25) is 0 Å². The van der Waals surface area contributed by atoms with Crippen LogP contribution in [-0.4, -0.2) is 43.6 Å². The zero-order valence-electron chi connectivity index (χ0n) is 13.2. The van der Waals surface area contributed by atoms with Crippen LogP contribution in [0.4, 0.5) is 8.78 Å². The topological polar surface area (TPSA) is 38.7 Å². The van der Waals surface area contributed by atoms with E-state index >= 15 is 0 Å². The predicted octanol–water partition coefficient (Wildman–Crippen LogP) is 3.79. The van der Waals surface area contributed by atoms with Crippen molar-refractivity contribution in [2.45, 2.75) is 70.3 Å². The average Bonchev–Trinajstić information content (AvgIpc) is 2.51. The molecule has 0 unspecified atom stereocenters. The van der Waals surface area contributed by atoms with Crippen LogP contribution in [0.2, 0.25) is 0 Å². The second-order valence-corrected chi connectivity index (χ2v) is 6.02. The van der Waals surface area contributed by atoms with Crippen LogP contribution >= 0.6 is 0 Å². The fourth-order valence-corrected chi connectivity index (χ4v) is 2.50. The van der Waals surface area contributed by atoms with Crippen molar-refractivity contribution in [1.82, 2.24) is 0 Å². The Morgan fingerprint density at radius 2 is 1.76 bits per heavy atom. The van der Waals surface area contributed by atoms with Gasteiger partial charge < -0.3 is 14.6 Å². The van der Waals surface area contributed by atoms with E-state index in [2.05, 4.69) is 6.92 Å². The first-order valence-corrected chi connectivity index (χ1v) is 8.25. The average molecular weight is 308 g/mol. The maximum Gasteiger partial charge on any atom is 0.248 e. The lowest BCUT2D eigenvalue weighted by Crippen LogP contribution is -2.29. The van der Waals surface area contributed by atoms with Gasteiger partial charge in [-0.15, -0.1) is 0 Å². The number of hydrogen-bond donors (Lipinski definition) is 1.